The van der Waals surface area contributed by atoms with E-state index in [-0.39, 0.29) is 24.7 Å². The number of hydrogen-bond donors (Lipinski definition) is 0. The Hall–Kier alpha value is -0.950. The highest BCUT2D eigenvalue weighted by atomic mass is 127. The normalized spacial score (nSPS) is 28.4. The van der Waals surface area contributed by atoms with Crippen LogP contribution in [0.2, 0.25) is 0 Å². The van der Waals surface area contributed by atoms with E-state index in [9.17, 15) is 40.1 Å². The van der Waals surface area contributed by atoms with Crippen LogP contribution in [-0.4, -0.2) is 48.5 Å². The molecular weight excluding hydrogens is 718 g/mol. The summed E-state index contributed by atoms with van der Waals surface area (Å²) in [7, 11) is -6.61. The number of benzene rings is 1. The maximum atomic E-state index is 13.5. The number of alkyl halides is 4. The highest BCUT2D eigenvalue weighted by Gasteiger charge is 2.64. The van der Waals surface area contributed by atoms with E-state index in [1.54, 1.807) is 6.07 Å². The number of esters is 2. The second-order valence-electron chi connectivity index (χ2n) is 8.40. The van der Waals surface area contributed by atoms with Crippen LogP contribution in [0.4, 0.5) is 17.6 Å². The van der Waals surface area contributed by atoms with Crippen molar-refractivity contribution in [1.82, 2.24) is 0 Å². The molecule has 8 nitrogen and oxygen atoms in total. The van der Waals surface area contributed by atoms with Crippen molar-refractivity contribution in [3.63, 3.8) is 0 Å². The molecule has 0 saturated heterocycles. The van der Waals surface area contributed by atoms with Crippen LogP contribution in [0.15, 0.2) is 12.1 Å². The van der Waals surface area contributed by atoms with Crippen LogP contribution >= 0.6 is 45.2 Å². The zero-order valence-electron chi connectivity index (χ0n) is 16.9. The minimum absolute atomic E-state index is 0.160. The molecule has 188 valence electrons. The average molecular weight is 733 g/mol. The molecule has 3 aliphatic rings. The predicted molar refractivity (Wildman–Crippen MR) is 120 cm³/mol. The van der Waals surface area contributed by atoms with Crippen LogP contribution in [0.1, 0.15) is 36.0 Å². The summed E-state index contributed by atoms with van der Waals surface area (Å²) in [5.41, 5.74) is 0.290. The van der Waals surface area contributed by atoms with Gasteiger partial charge in [-0.25, -0.2) is 13.2 Å². The summed E-state index contributed by atoms with van der Waals surface area (Å²) >= 11 is 4.10. The number of fused-ring (bicyclic) bond motifs is 4. The molecule has 2 bridgehead atoms. The summed E-state index contributed by atoms with van der Waals surface area (Å²) in [5.74, 6) is -9.06. The van der Waals surface area contributed by atoms with Gasteiger partial charge in [-0.15, -0.1) is 0 Å². The highest BCUT2D eigenvalue weighted by Crippen LogP contribution is 2.58. The second-order valence-corrected chi connectivity index (χ2v) is 12.2. The van der Waals surface area contributed by atoms with E-state index in [2.05, 4.69) is 22.6 Å². The number of ether oxygens (including phenoxy) is 3. The molecule has 34 heavy (non-hydrogen) atoms. The first kappa shape index (κ1) is 26.1. The minimum atomic E-state index is -6.61. The monoisotopic (exact) mass is 733 g/mol. The van der Waals surface area contributed by atoms with Crippen LogP contribution in [0.5, 0.6) is 5.75 Å². The maximum Gasteiger partial charge on any atom is 0.396 e. The predicted octanol–water partition coefficient (Wildman–Crippen LogP) is 3.89. The van der Waals surface area contributed by atoms with Crippen molar-refractivity contribution in [1.29, 1.82) is 0 Å². The van der Waals surface area contributed by atoms with Crippen molar-refractivity contribution in [2.45, 2.75) is 42.6 Å². The summed E-state index contributed by atoms with van der Waals surface area (Å²) in [4.78, 5) is 25.0. The third-order valence-electron chi connectivity index (χ3n) is 6.33. The molecule has 4 unspecified atom stereocenters. The molecule has 2 fully saturated rings. The fourth-order valence-electron chi connectivity index (χ4n) is 4.72. The molecule has 1 heterocycles. The molecule has 4 atom stereocenters. The third-order valence-corrected chi connectivity index (χ3v) is 8.69. The first-order valence-corrected chi connectivity index (χ1v) is 13.4. The lowest BCUT2D eigenvalue weighted by Gasteiger charge is -2.42. The fourth-order valence-corrected chi connectivity index (χ4v) is 7.14. The average Bonchev–Trinajstić information content (AvgIpc) is 3.26. The zero-order chi connectivity index (χ0) is 25.3. The van der Waals surface area contributed by atoms with E-state index in [4.69, 9.17) is 14.2 Å². The Morgan fingerprint density at radius 3 is 2.47 bits per heavy atom. The van der Waals surface area contributed by atoms with Crippen molar-refractivity contribution in [2.24, 2.45) is 17.8 Å². The lowest BCUT2D eigenvalue weighted by atomic mass is 9.84. The van der Waals surface area contributed by atoms with Gasteiger partial charge in [-0.1, -0.05) is 0 Å². The van der Waals surface area contributed by atoms with Crippen LogP contribution in [0, 0.1) is 24.9 Å². The van der Waals surface area contributed by atoms with E-state index < -0.39 is 58.0 Å². The number of carbonyl (C=O) groups is 2. The van der Waals surface area contributed by atoms with Gasteiger partial charge in [0.1, 0.15) is 5.56 Å². The number of hydrogen-bond acceptors (Lipinski definition) is 8. The van der Waals surface area contributed by atoms with E-state index in [0.717, 1.165) is 3.57 Å². The molecule has 1 spiro atoms. The lowest BCUT2D eigenvalue weighted by molar-refractivity contribution is -0.194. The van der Waals surface area contributed by atoms with Gasteiger partial charge < -0.3 is 18.8 Å². The molecule has 4 rings (SSSR count). The van der Waals surface area contributed by atoms with E-state index >= 15 is 0 Å². The van der Waals surface area contributed by atoms with Gasteiger partial charge in [0.05, 0.1) is 22.5 Å². The SMILES string of the molecule is O=C1OC2(CC3CC2CC3C(=O)OCCC(F)(F)C(F)(F)S(=O)(=O)[O-])Oc2c(I)cc(I)cc21. The van der Waals surface area contributed by atoms with Crippen LogP contribution in [0.25, 0.3) is 0 Å². The molecule has 0 N–H and O–H groups in total. The molecule has 1 aliphatic heterocycles. The topological polar surface area (TPSA) is 119 Å². The largest absolute Gasteiger partial charge is 0.743 e. The molecule has 0 amide bonds. The van der Waals surface area contributed by atoms with Crippen molar-refractivity contribution in [3.05, 3.63) is 24.8 Å². The zero-order valence-corrected chi connectivity index (χ0v) is 22.0. The van der Waals surface area contributed by atoms with E-state index in [1.165, 1.54) is 0 Å². The van der Waals surface area contributed by atoms with Crippen molar-refractivity contribution < 1.29 is 54.3 Å². The summed E-state index contributed by atoms with van der Waals surface area (Å²) in [5, 5.41) is -5.83. The highest BCUT2D eigenvalue weighted by molar-refractivity contribution is 14.1. The van der Waals surface area contributed by atoms with Crippen molar-refractivity contribution in [2.75, 3.05) is 6.61 Å². The summed E-state index contributed by atoms with van der Waals surface area (Å²) < 4.78 is 103. The molecule has 1 aromatic rings. The van der Waals surface area contributed by atoms with Gasteiger partial charge >= 0.3 is 23.1 Å². The number of rotatable bonds is 6. The summed E-state index contributed by atoms with van der Waals surface area (Å²) in [6.07, 6.45) is -1.08. The van der Waals surface area contributed by atoms with Crippen LogP contribution in [-0.2, 0) is 24.4 Å². The second kappa shape index (κ2) is 8.57. The standard InChI is InChI=1S/C19H16F4I2O8S/c20-18(21,19(22,23)34(28,29)30)1-2-31-15(26)11-4-9-3-8(11)7-17(9)32-14-12(16(27)33-17)5-10(24)6-13(14)25/h5-6,8-9,11H,1-4,7H2,(H,28,29,30)/p-1. The molecule has 2 saturated carbocycles. The first-order valence-electron chi connectivity index (χ1n) is 9.87. The molecule has 1 aromatic carbocycles. The fraction of sp³-hybridized carbons (Fsp3) is 0.579. The molecule has 15 heteroatoms. The number of halogens is 6. The van der Waals surface area contributed by atoms with E-state index in [0.29, 0.717) is 21.3 Å². The van der Waals surface area contributed by atoms with Gasteiger partial charge in [-0.05, 0) is 76.1 Å². The van der Waals surface area contributed by atoms with Crippen LogP contribution in [0.3, 0.4) is 0 Å². The van der Waals surface area contributed by atoms with Gasteiger partial charge in [0.15, 0.2) is 15.9 Å². The smallest absolute Gasteiger partial charge is 0.396 e. The summed E-state index contributed by atoms with van der Waals surface area (Å²) in [6, 6.07) is 3.47. The maximum absolute atomic E-state index is 13.5. The molecule has 0 aromatic heterocycles. The Bertz CT molecular complexity index is 1160. The Labute approximate surface area is 218 Å². The van der Waals surface area contributed by atoms with Gasteiger partial charge in [-0.2, -0.15) is 17.6 Å². The Kier molecular flexibility index (Phi) is 6.58. The summed E-state index contributed by atoms with van der Waals surface area (Å²) in [6.45, 7) is -1.20. The van der Waals surface area contributed by atoms with Crippen molar-refractivity contribution in [3.8, 4) is 5.75 Å². The van der Waals surface area contributed by atoms with Crippen LogP contribution < -0.4 is 4.74 Å². The Morgan fingerprint density at radius 2 is 1.88 bits per heavy atom. The lowest BCUT2D eigenvalue weighted by Crippen LogP contribution is -2.50. The number of carbonyl (C=O) groups excluding carboxylic acids is 2. The van der Waals surface area contributed by atoms with Gasteiger partial charge in [0.2, 0.25) is 0 Å². The van der Waals surface area contributed by atoms with Gasteiger partial charge in [0.25, 0.3) is 5.79 Å². The Morgan fingerprint density at radius 1 is 1.21 bits per heavy atom. The third kappa shape index (κ3) is 4.27. The Balaban J connectivity index is 1.39. The quantitative estimate of drug-likeness (QED) is 0.187. The molecule has 2 aliphatic carbocycles. The first-order chi connectivity index (χ1) is 15.6. The minimum Gasteiger partial charge on any atom is -0.743 e. The van der Waals surface area contributed by atoms with Gasteiger partial charge in [0, 0.05) is 15.9 Å². The van der Waals surface area contributed by atoms with Gasteiger partial charge in [-0.3, -0.25) is 4.79 Å². The molecule has 0 radical (unpaired) electrons. The van der Waals surface area contributed by atoms with E-state index in [1.807, 2.05) is 28.7 Å². The molecular formula is C19H15F4I2O8S-. The van der Waals surface area contributed by atoms with Crippen molar-refractivity contribution >= 4 is 67.2 Å².